The van der Waals surface area contributed by atoms with Gasteiger partial charge in [-0.3, -0.25) is 14.4 Å². The molecule has 0 bridgehead atoms. The van der Waals surface area contributed by atoms with Gasteiger partial charge in [-0.15, -0.1) is 0 Å². The van der Waals surface area contributed by atoms with E-state index < -0.39 is 5.97 Å². The van der Waals surface area contributed by atoms with Gasteiger partial charge in [0, 0.05) is 32.6 Å². The molecular weight excluding hydrogens is 458 g/mol. The zero-order chi connectivity index (χ0) is 27.1. The number of ketones is 1. The second-order valence-corrected chi connectivity index (χ2v) is 9.44. The molecule has 0 aromatic rings. The minimum atomic E-state index is -0.668. The van der Waals surface area contributed by atoms with Gasteiger partial charge in [-0.1, -0.05) is 89.9 Å². The number of unbranched alkanes of at least 4 members (excludes halogenated alkanes) is 15. The summed E-state index contributed by atoms with van der Waals surface area (Å²) in [6.07, 6.45) is 20.8. The first-order chi connectivity index (χ1) is 17.4. The number of carboxylic acids is 1. The van der Waals surface area contributed by atoms with E-state index in [1.165, 1.54) is 84.0 Å². The van der Waals surface area contributed by atoms with Crippen LogP contribution in [0.5, 0.6) is 0 Å². The fraction of sp³-hybridized carbons (Fsp3) is 0.897. The highest BCUT2D eigenvalue weighted by atomic mass is 16.5. The lowest BCUT2D eigenvalue weighted by Gasteiger charge is -2.05. The number of nitrogens with one attached hydrogen (secondary N) is 1. The Labute approximate surface area is 221 Å². The van der Waals surface area contributed by atoms with Crippen LogP contribution in [-0.2, 0) is 23.9 Å². The lowest BCUT2D eigenvalue weighted by molar-refractivity contribution is -0.137. The van der Waals surface area contributed by atoms with Gasteiger partial charge in [0.15, 0.2) is 5.78 Å². The first-order valence-electron chi connectivity index (χ1n) is 14.6. The third-order valence-corrected chi connectivity index (χ3v) is 5.83. The summed E-state index contributed by atoms with van der Waals surface area (Å²) in [4.78, 5) is 32.1. The Morgan fingerprint density at radius 2 is 1.00 bits per heavy atom. The zero-order valence-electron chi connectivity index (χ0n) is 23.8. The molecule has 214 valence electrons. The SMILES string of the molecule is CCOCC(C)=O.CCOCCNC(=O)CCCCCCCCCCCCCCCCCCC(=O)O. The van der Waals surface area contributed by atoms with Crippen molar-refractivity contribution in [1.29, 1.82) is 0 Å². The number of hydrogen-bond donors (Lipinski definition) is 2. The molecule has 36 heavy (non-hydrogen) atoms. The molecule has 0 saturated carbocycles. The second-order valence-electron chi connectivity index (χ2n) is 9.44. The fourth-order valence-electron chi connectivity index (χ4n) is 3.78. The summed E-state index contributed by atoms with van der Waals surface area (Å²) in [5.74, 6) is -0.427. The number of carbonyl (C=O) groups is 3. The first kappa shape index (κ1) is 36.7. The highest BCUT2D eigenvalue weighted by Gasteiger charge is 2.00. The quantitative estimate of drug-likeness (QED) is 0.122. The van der Waals surface area contributed by atoms with Crippen molar-refractivity contribution in [2.75, 3.05) is 33.0 Å². The van der Waals surface area contributed by atoms with Crippen LogP contribution in [0.25, 0.3) is 0 Å². The van der Waals surface area contributed by atoms with Crippen molar-refractivity contribution in [3.05, 3.63) is 0 Å². The molecule has 0 aliphatic rings. The van der Waals surface area contributed by atoms with Crippen LogP contribution < -0.4 is 5.32 Å². The zero-order valence-corrected chi connectivity index (χ0v) is 23.8. The Bertz CT molecular complexity index is 498. The molecule has 0 aliphatic carbocycles. The van der Waals surface area contributed by atoms with E-state index in [0.29, 0.717) is 39.2 Å². The third kappa shape index (κ3) is 37.1. The van der Waals surface area contributed by atoms with Crippen LogP contribution in [0.2, 0.25) is 0 Å². The number of carboxylic acid groups (broad SMARTS) is 1. The molecule has 0 spiro atoms. The first-order valence-corrected chi connectivity index (χ1v) is 14.6. The summed E-state index contributed by atoms with van der Waals surface area (Å²) < 4.78 is 9.94. The van der Waals surface area contributed by atoms with Crippen LogP contribution in [0.4, 0.5) is 0 Å². The highest BCUT2D eigenvalue weighted by molar-refractivity contribution is 5.76. The summed E-state index contributed by atoms with van der Waals surface area (Å²) in [5.41, 5.74) is 0. The Morgan fingerprint density at radius 3 is 1.33 bits per heavy atom. The lowest BCUT2D eigenvalue weighted by Crippen LogP contribution is -2.26. The van der Waals surface area contributed by atoms with E-state index in [0.717, 1.165) is 25.7 Å². The van der Waals surface area contributed by atoms with Crippen LogP contribution in [-0.4, -0.2) is 55.7 Å². The van der Waals surface area contributed by atoms with Gasteiger partial charge in [-0.2, -0.15) is 0 Å². The van der Waals surface area contributed by atoms with Crippen LogP contribution in [0.3, 0.4) is 0 Å². The third-order valence-electron chi connectivity index (χ3n) is 5.83. The van der Waals surface area contributed by atoms with Crippen LogP contribution in [0.15, 0.2) is 0 Å². The van der Waals surface area contributed by atoms with Gasteiger partial charge in [0.05, 0.1) is 6.61 Å². The van der Waals surface area contributed by atoms with Crippen LogP contribution in [0.1, 0.15) is 136 Å². The van der Waals surface area contributed by atoms with E-state index in [1.807, 2.05) is 13.8 Å². The monoisotopic (exact) mass is 515 g/mol. The van der Waals surface area contributed by atoms with E-state index in [1.54, 1.807) is 0 Å². The molecule has 0 heterocycles. The molecule has 0 aliphatic heterocycles. The van der Waals surface area contributed by atoms with Crippen molar-refractivity contribution < 1.29 is 29.0 Å². The molecule has 7 nitrogen and oxygen atoms in total. The van der Waals surface area contributed by atoms with Crippen LogP contribution in [0, 0.1) is 0 Å². The molecule has 0 atom stereocenters. The minimum absolute atomic E-state index is 0.0850. The number of carbonyl (C=O) groups excluding carboxylic acids is 2. The fourth-order valence-corrected chi connectivity index (χ4v) is 3.78. The molecule has 0 rings (SSSR count). The molecule has 0 aromatic carbocycles. The molecule has 0 saturated heterocycles. The number of Topliss-reactive ketones (excluding diaryl/α,β-unsaturated/α-hetero) is 1. The second kappa shape index (κ2) is 31.6. The number of amides is 1. The normalized spacial score (nSPS) is 10.5. The van der Waals surface area contributed by atoms with Crippen molar-refractivity contribution in [1.82, 2.24) is 5.32 Å². The van der Waals surface area contributed by atoms with Crippen molar-refractivity contribution in [2.45, 2.75) is 136 Å². The van der Waals surface area contributed by atoms with E-state index >= 15 is 0 Å². The molecule has 0 aromatic heterocycles. The maximum absolute atomic E-state index is 11.6. The van der Waals surface area contributed by atoms with Crippen LogP contribution >= 0.6 is 0 Å². The van der Waals surface area contributed by atoms with Gasteiger partial charge >= 0.3 is 5.97 Å². The minimum Gasteiger partial charge on any atom is -0.481 e. The Balaban J connectivity index is 0. The molecule has 0 fully saturated rings. The van der Waals surface area contributed by atoms with Gasteiger partial charge in [-0.25, -0.2) is 0 Å². The van der Waals surface area contributed by atoms with Crippen molar-refractivity contribution >= 4 is 17.7 Å². The van der Waals surface area contributed by atoms with Crippen molar-refractivity contribution in [3.63, 3.8) is 0 Å². The largest absolute Gasteiger partial charge is 0.481 e. The number of rotatable bonds is 26. The molecule has 1 amide bonds. The topological polar surface area (TPSA) is 102 Å². The Hall–Kier alpha value is -1.47. The van der Waals surface area contributed by atoms with Crippen molar-refractivity contribution in [3.8, 4) is 0 Å². The average molecular weight is 516 g/mol. The summed E-state index contributed by atoms with van der Waals surface area (Å²) >= 11 is 0. The highest BCUT2D eigenvalue weighted by Crippen LogP contribution is 2.14. The van der Waals surface area contributed by atoms with E-state index in [2.05, 4.69) is 5.32 Å². The standard InChI is InChI=1S/C24H47NO4.C5H10O2/c1-2-29-22-21-25-23(26)19-17-15-13-11-9-7-5-3-4-6-8-10-12-14-16-18-20-24(27)28;1-3-7-4-5(2)6/h2-22H2,1H3,(H,25,26)(H,27,28);3-4H2,1-2H3. The molecule has 0 unspecified atom stereocenters. The lowest BCUT2D eigenvalue weighted by atomic mass is 10.0. The number of hydrogen-bond acceptors (Lipinski definition) is 5. The van der Waals surface area contributed by atoms with E-state index in [4.69, 9.17) is 14.6 Å². The Morgan fingerprint density at radius 1 is 0.611 bits per heavy atom. The maximum Gasteiger partial charge on any atom is 0.303 e. The number of ether oxygens (including phenoxy) is 2. The van der Waals surface area contributed by atoms with E-state index in [-0.39, 0.29) is 18.3 Å². The predicted molar refractivity (Wildman–Crippen MR) is 147 cm³/mol. The summed E-state index contributed by atoms with van der Waals surface area (Å²) in [5, 5.41) is 11.5. The molecular formula is C29H57NO6. The average Bonchev–Trinajstić information content (AvgIpc) is 2.84. The van der Waals surface area contributed by atoms with Gasteiger partial charge in [-0.05, 0) is 33.6 Å². The summed E-state index contributed by atoms with van der Waals surface area (Å²) in [6, 6.07) is 0. The van der Waals surface area contributed by atoms with Gasteiger partial charge < -0.3 is 19.9 Å². The van der Waals surface area contributed by atoms with Gasteiger partial charge in [0.2, 0.25) is 5.91 Å². The molecule has 2 N–H and O–H groups in total. The molecule has 7 heteroatoms. The Kier molecular flexibility index (Phi) is 32.2. The van der Waals surface area contributed by atoms with Gasteiger partial charge in [0.1, 0.15) is 6.61 Å². The summed E-state index contributed by atoms with van der Waals surface area (Å²) in [7, 11) is 0. The van der Waals surface area contributed by atoms with Gasteiger partial charge in [0.25, 0.3) is 0 Å². The van der Waals surface area contributed by atoms with E-state index in [9.17, 15) is 14.4 Å². The summed E-state index contributed by atoms with van der Waals surface area (Å²) in [6.45, 7) is 8.16. The maximum atomic E-state index is 11.6. The molecule has 0 radical (unpaired) electrons. The smallest absolute Gasteiger partial charge is 0.303 e. The predicted octanol–water partition coefficient (Wildman–Crippen LogP) is 6.86. The number of aliphatic carboxylic acids is 1. The van der Waals surface area contributed by atoms with Crippen molar-refractivity contribution in [2.24, 2.45) is 0 Å².